The van der Waals surface area contributed by atoms with Gasteiger partial charge in [0.05, 0.1) is 5.57 Å². The van der Waals surface area contributed by atoms with Crippen molar-refractivity contribution in [2.45, 2.75) is 32.9 Å². The van der Waals surface area contributed by atoms with Crippen molar-refractivity contribution in [2.24, 2.45) is 0 Å². The fourth-order valence-electron chi connectivity index (χ4n) is 4.65. The van der Waals surface area contributed by atoms with Crippen molar-refractivity contribution in [3.05, 3.63) is 119 Å². The lowest BCUT2D eigenvalue weighted by Gasteiger charge is -2.24. The lowest BCUT2D eigenvalue weighted by Crippen LogP contribution is -2.29. The molecule has 41 heavy (non-hydrogen) atoms. The van der Waals surface area contributed by atoms with Gasteiger partial charge in [-0.3, -0.25) is 14.5 Å². The SMILES string of the molecule is Cc1ccc(C2/C(=C(/O)c3ccc(OCc4ccccc4)c(C)c3)C(=O)C(=O)N2c2cccc(OC(F)(F)F)c2)o1. The number of nitrogens with zero attached hydrogens (tertiary/aromatic N) is 1. The van der Waals surface area contributed by atoms with Gasteiger partial charge in [0.2, 0.25) is 0 Å². The highest BCUT2D eigenvalue weighted by molar-refractivity contribution is 6.51. The number of aliphatic hydroxyl groups is 1. The van der Waals surface area contributed by atoms with Crippen LogP contribution in [0.25, 0.3) is 5.76 Å². The number of ether oxygens (including phenoxy) is 2. The summed E-state index contributed by atoms with van der Waals surface area (Å²) in [5, 5.41) is 11.4. The summed E-state index contributed by atoms with van der Waals surface area (Å²) in [5.74, 6) is -1.94. The highest BCUT2D eigenvalue weighted by Crippen LogP contribution is 2.44. The van der Waals surface area contributed by atoms with Crippen LogP contribution in [-0.2, 0) is 16.2 Å². The third-order valence-corrected chi connectivity index (χ3v) is 6.49. The summed E-state index contributed by atoms with van der Waals surface area (Å²) >= 11 is 0. The second-order valence-corrected chi connectivity index (χ2v) is 9.42. The number of aliphatic hydroxyl groups excluding tert-OH is 1. The van der Waals surface area contributed by atoms with Crippen molar-refractivity contribution in [3.8, 4) is 11.5 Å². The van der Waals surface area contributed by atoms with E-state index in [1.54, 1.807) is 38.1 Å². The smallest absolute Gasteiger partial charge is 0.507 e. The zero-order valence-electron chi connectivity index (χ0n) is 21.9. The van der Waals surface area contributed by atoms with E-state index in [0.29, 0.717) is 23.7 Å². The van der Waals surface area contributed by atoms with Crippen molar-refractivity contribution in [2.75, 3.05) is 4.90 Å². The summed E-state index contributed by atoms with van der Waals surface area (Å²) in [6.45, 7) is 3.76. The molecule has 1 aromatic heterocycles. The largest absolute Gasteiger partial charge is 0.573 e. The molecule has 1 N–H and O–H groups in total. The van der Waals surface area contributed by atoms with Gasteiger partial charge in [-0.2, -0.15) is 0 Å². The maximum atomic E-state index is 13.3. The number of aryl methyl sites for hydroxylation is 2. The van der Waals surface area contributed by atoms with E-state index in [1.807, 2.05) is 30.3 Å². The molecule has 1 atom stereocenters. The molecule has 1 unspecified atom stereocenters. The van der Waals surface area contributed by atoms with Crippen LogP contribution in [0.3, 0.4) is 0 Å². The van der Waals surface area contributed by atoms with Crippen LogP contribution in [0.15, 0.2) is 94.9 Å². The van der Waals surface area contributed by atoms with E-state index in [0.717, 1.165) is 22.6 Å². The summed E-state index contributed by atoms with van der Waals surface area (Å²) < 4.78 is 54.2. The van der Waals surface area contributed by atoms with Crippen LogP contribution in [0.4, 0.5) is 18.9 Å². The van der Waals surface area contributed by atoms with Crippen molar-refractivity contribution in [3.63, 3.8) is 0 Å². The van der Waals surface area contributed by atoms with Crippen molar-refractivity contribution in [1.82, 2.24) is 0 Å². The second kappa shape index (κ2) is 10.9. The molecular weight excluding hydrogens is 539 g/mol. The maximum absolute atomic E-state index is 13.3. The highest BCUT2D eigenvalue weighted by Gasteiger charge is 2.48. The topological polar surface area (TPSA) is 89.2 Å². The molecule has 10 heteroatoms. The summed E-state index contributed by atoms with van der Waals surface area (Å²) in [6, 6.07) is 21.0. The van der Waals surface area contributed by atoms with E-state index in [-0.39, 0.29) is 22.6 Å². The van der Waals surface area contributed by atoms with Crippen LogP contribution < -0.4 is 14.4 Å². The van der Waals surface area contributed by atoms with Gasteiger partial charge >= 0.3 is 6.36 Å². The number of hydrogen-bond acceptors (Lipinski definition) is 6. The van der Waals surface area contributed by atoms with Crippen LogP contribution in [0.2, 0.25) is 0 Å². The summed E-state index contributed by atoms with van der Waals surface area (Å²) in [5.41, 5.74) is 1.56. The predicted octanol–water partition coefficient (Wildman–Crippen LogP) is 7.00. The number of carbonyl (C=O) groups excluding carboxylic acids is 2. The van der Waals surface area contributed by atoms with E-state index < -0.39 is 35.6 Å². The number of hydrogen-bond donors (Lipinski definition) is 1. The molecule has 0 bridgehead atoms. The lowest BCUT2D eigenvalue weighted by atomic mass is 9.98. The first-order valence-corrected chi connectivity index (χ1v) is 12.5. The molecule has 1 saturated heterocycles. The molecule has 0 saturated carbocycles. The number of rotatable bonds is 7. The Morgan fingerprint density at radius 3 is 2.37 bits per heavy atom. The third kappa shape index (κ3) is 5.81. The monoisotopic (exact) mass is 563 g/mol. The van der Waals surface area contributed by atoms with Crippen LogP contribution in [0.5, 0.6) is 11.5 Å². The van der Waals surface area contributed by atoms with Gasteiger partial charge in [0.15, 0.2) is 0 Å². The quantitative estimate of drug-likeness (QED) is 0.148. The highest BCUT2D eigenvalue weighted by atomic mass is 19.4. The molecule has 1 fully saturated rings. The molecule has 0 spiro atoms. The van der Waals surface area contributed by atoms with E-state index in [2.05, 4.69) is 4.74 Å². The number of benzene rings is 3. The zero-order chi connectivity index (χ0) is 29.3. The molecule has 3 aromatic carbocycles. The lowest BCUT2D eigenvalue weighted by molar-refractivity contribution is -0.274. The molecule has 1 aliphatic rings. The fourth-order valence-corrected chi connectivity index (χ4v) is 4.65. The minimum absolute atomic E-state index is 0.0483. The Kier molecular flexibility index (Phi) is 7.32. The van der Waals surface area contributed by atoms with Gasteiger partial charge in [-0.1, -0.05) is 36.4 Å². The molecule has 2 heterocycles. The van der Waals surface area contributed by atoms with Gasteiger partial charge in [0, 0.05) is 17.3 Å². The van der Waals surface area contributed by atoms with Crippen LogP contribution in [-0.4, -0.2) is 23.2 Å². The number of Topliss-reactive ketones (excluding diaryl/α,β-unsaturated/α-hetero) is 1. The van der Waals surface area contributed by atoms with Crippen molar-refractivity contribution >= 4 is 23.1 Å². The van der Waals surface area contributed by atoms with Gasteiger partial charge in [-0.05, 0) is 67.4 Å². The number of halogens is 3. The molecular formula is C31H24F3NO6. The minimum atomic E-state index is -4.96. The minimum Gasteiger partial charge on any atom is -0.507 e. The first kappa shape index (κ1) is 27.6. The summed E-state index contributed by atoms with van der Waals surface area (Å²) in [6.07, 6.45) is -4.96. The summed E-state index contributed by atoms with van der Waals surface area (Å²) in [7, 11) is 0. The van der Waals surface area contributed by atoms with E-state index in [4.69, 9.17) is 9.15 Å². The zero-order valence-corrected chi connectivity index (χ0v) is 21.9. The number of amides is 1. The van der Waals surface area contributed by atoms with Crippen LogP contribution in [0, 0.1) is 13.8 Å². The average Bonchev–Trinajstić information content (AvgIpc) is 3.47. The Bertz CT molecular complexity index is 1640. The second-order valence-electron chi connectivity index (χ2n) is 9.42. The molecule has 0 radical (unpaired) electrons. The Morgan fingerprint density at radius 1 is 0.951 bits per heavy atom. The van der Waals surface area contributed by atoms with E-state index in [1.165, 1.54) is 18.2 Å². The standard InChI is InChI=1S/C31H24F3NO6/c1-18-15-21(12-14-24(18)39-17-20-7-4-3-5-8-20)28(36)26-27(25-13-11-19(2)40-25)35(30(38)29(26)37)22-9-6-10-23(16-22)41-31(32,33)34/h3-16,27,36H,17H2,1-2H3/b28-26-. The van der Waals surface area contributed by atoms with Gasteiger partial charge in [0.25, 0.3) is 11.7 Å². The van der Waals surface area contributed by atoms with E-state index >= 15 is 0 Å². The Morgan fingerprint density at radius 2 is 1.71 bits per heavy atom. The Balaban J connectivity index is 1.54. The Labute approximate surface area is 233 Å². The van der Waals surface area contributed by atoms with E-state index in [9.17, 15) is 27.9 Å². The maximum Gasteiger partial charge on any atom is 0.573 e. The molecule has 1 aliphatic heterocycles. The van der Waals surface area contributed by atoms with Crippen LogP contribution in [0.1, 0.15) is 34.3 Å². The molecule has 5 rings (SSSR count). The number of alkyl halides is 3. The van der Waals surface area contributed by atoms with Crippen molar-refractivity contribution in [1.29, 1.82) is 0 Å². The fraction of sp³-hybridized carbons (Fsp3) is 0.161. The van der Waals surface area contributed by atoms with Gasteiger partial charge in [0.1, 0.15) is 41.4 Å². The predicted molar refractivity (Wildman–Crippen MR) is 143 cm³/mol. The molecule has 210 valence electrons. The first-order chi connectivity index (χ1) is 19.5. The number of carbonyl (C=O) groups is 2. The molecule has 4 aromatic rings. The third-order valence-electron chi connectivity index (χ3n) is 6.49. The number of furan rings is 1. The van der Waals surface area contributed by atoms with Gasteiger partial charge < -0.3 is 19.0 Å². The van der Waals surface area contributed by atoms with Gasteiger partial charge in [-0.25, -0.2) is 0 Å². The normalized spacial score (nSPS) is 16.7. The van der Waals surface area contributed by atoms with Gasteiger partial charge in [-0.15, -0.1) is 13.2 Å². The van der Waals surface area contributed by atoms with Crippen molar-refractivity contribution < 1.29 is 41.8 Å². The number of ketones is 1. The molecule has 0 aliphatic carbocycles. The average molecular weight is 564 g/mol. The molecule has 1 amide bonds. The first-order valence-electron chi connectivity index (χ1n) is 12.5. The Hall–Kier alpha value is -4.99. The molecule has 7 nitrogen and oxygen atoms in total. The summed E-state index contributed by atoms with van der Waals surface area (Å²) in [4.78, 5) is 27.6. The number of anilines is 1. The van der Waals surface area contributed by atoms with Crippen LogP contribution >= 0.6 is 0 Å².